The van der Waals surface area contributed by atoms with Crippen molar-refractivity contribution in [2.24, 2.45) is 0 Å². The predicted molar refractivity (Wildman–Crippen MR) is 80.9 cm³/mol. The molecule has 1 aromatic heterocycles. The SMILES string of the molecule is CC(C)c1nc(Cc2ccc(F)cc2Cl)nc2c1CNC2. The molecule has 0 saturated carbocycles. The van der Waals surface area contributed by atoms with Crippen LogP contribution in [0.25, 0.3) is 0 Å². The average Bonchev–Trinajstić information content (AvgIpc) is 2.89. The lowest BCUT2D eigenvalue weighted by Gasteiger charge is -2.12. The maximum Gasteiger partial charge on any atom is 0.133 e. The first-order valence-corrected chi connectivity index (χ1v) is 7.45. The molecule has 0 aliphatic carbocycles. The summed E-state index contributed by atoms with van der Waals surface area (Å²) in [5, 5.41) is 3.73. The van der Waals surface area contributed by atoms with Crippen LogP contribution in [0.15, 0.2) is 18.2 Å². The fourth-order valence-electron chi connectivity index (χ4n) is 2.64. The number of hydrogen-bond donors (Lipinski definition) is 1. The van der Waals surface area contributed by atoms with Crippen molar-refractivity contribution >= 4 is 11.6 Å². The topological polar surface area (TPSA) is 37.8 Å². The van der Waals surface area contributed by atoms with Crippen molar-refractivity contribution in [1.29, 1.82) is 0 Å². The Morgan fingerprint density at radius 3 is 2.81 bits per heavy atom. The molecule has 0 fully saturated rings. The number of fused-ring (bicyclic) bond motifs is 1. The van der Waals surface area contributed by atoms with Crippen LogP contribution < -0.4 is 5.32 Å². The first-order valence-electron chi connectivity index (χ1n) is 7.08. The molecule has 0 atom stereocenters. The van der Waals surface area contributed by atoms with Gasteiger partial charge in [0.15, 0.2) is 0 Å². The Morgan fingerprint density at radius 1 is 1.29 bits per heavy atom. The van der Waals surface area contributed by atoms with E-state index in [-0.39, 0.29) is 5.82 Å². The minimum Gasteiger partial charge on any atom is -0.307 e. The lowest BCUT2D eigenvalue weighted by molar-refractivity contribution is 0.627. The molecular weight excluding hydrogens is 289 g/mol. The Balaban J connectivity index is 1.97. The van der Waals surface area contributed by atoms with Gasteiger partial charge < -0.3 is 5.32 Å². The second-order valence-electron chi connectivity index (χ2n) is 5.62. The van der Waals surface area contributed by atoms with Crippen LogP contribution in [0, 0.1) is 5.82 Å². The molecule has 1 aliphatic rings. The Kier molecular flexibility index (Phi) is 3.91. The number of hydrogen-bond acceptors (Lipinski definition) is 3. The van der Waals surface area contributed by atoms with Gasteiger partial charge in [-0.15, -0.1) is 0 Å². The van der Waals surface area contributed by atoms with E-state index in [4.69, 9.17) is 16.6 Å². The molecule has 0 radical (unpaired) electrons. The van der Waals surface area contributed by atoms with Gasteiger partial charge in [0, 0.05) is 30.1 Å². The largest absolute Gasteiger partial charge is 0.307 e. The van der Waals surface area contributed by atoms with Crippen molar-refractivity contribution in [2.45, 2.75) is 39.3 Å². The molecule has 0 unspecified atom stereocenters. The van der Waals surface area contributed by atoms with Crippen molar-refractivity contribution in [3.8, 4) is 0 Å². The number of rotatable bonds is 3. The highest BCUT2D eigenvalue weighted by atomic mass is 35.5. The Morgan fingerprint density at radius 2 is 2.10 bits per heavy atom. The highest BCUT2D eigenvalue weighted by Gasteiger charge is 2.20. The molecule has 1 aromatic carbocycles. The fraction of sp³-hybridized carbons (Fsp3) is 0.375. The van der Waals surface area contributed by atoms with E-state index < -0.39 is 0 Å². The van der Waals surface area contributed by atoms with Gasteiger partial charge >= 0.3 is 0 Å². The first kappa shape index (κ1) is 14.4. The van der Waals surface area contributed by atoms with Crippen LogP contribution in [-0.2, 0) is 19.5 Å². The molecule has 2 heterocycles. The van der Waals surface area contributed by atoms with E-state index in [0.717, 1.165) is 35.9 Å². The monoisotopic (exact) mass is 305 g/mol. The van der Waals surface area contributed by atoms with E-state index in [0.29, 0.717) is 17.4 Å². The van der Waals surface area contributed by atoms with Crippen molar-refractivity contribution in [1.82, 2.24) is 15.3 Å². The summed E-state index contributed by atoms with van der Waals surface area (Å²) in [6.07, 6.45) is 0.520. The predicted octanol–water partition coefficient (Wildman–Crippen LogP) is 3.59. The van der Waals surface area contributed by atoms with Gasteiger partial charge in [0.05, 0.1) is 11.4 Å². The zero-order valence-corrected chi connectivity index (χ0v) is 12.8. The summed E-state index contributed by atoms with van der Waals surface area (Å²) in [7, 11) is 0. The third-order valence-corrected chi connectivity index (χ3v) is 4.03. The third-order valence-electron chi connectivity index (χ3n) is 3.68. The maximum atomic E-state index is 13.1. The molecule has 0 amide bonds. The number of halogens is 2. The molecule has 0 saturated heterocycles. The van der Waals surface area contributed by atoms with Gasteiger partial charge in [0.25, 0.3) is 0 Å². The molecule has 3 nitrogen and oxygen atoms in total. The molecule has 0 bridgehead atoms. The number of nitrogens with zero attached hydrogens (tertiary/aromatic N) is 2. The summed E-state index contributed by atoms with van der Waals surface area (Å²) in [5.41, 5.74) is 4.23. The van der Waals surface area contributed by atoms with Gasteiger partial charge in [-0.3, -0.25) is 0 Å². The average molecular weight is 306 g/mol. The number of aromatic nitrogens is 2. The minimum absolute atomic E-state index is 0.328. The van der Waals surface area contributed by atoms with Gasteiger partial charge in [-0.1, -0.05) is 31.5 Å². The van der Waals surface area contributed by atoms with Crippen LogP contribution in [0.2, 0.25) is 5.02 Å². The zero-order valence-electron chi connectivity index (χ0n) is 12.1. The van der Waals surface area contributed by atoms with E-state index in [1.165, 1.54) is 17.7 Å². The fourth-order valence-corrected chi connectivity index (χ4v) is 2.87. The van der Waals surface area contributed by atoms with Crippen LogP contribution in [-0.4, -0.2) is 9.97 Å². The summed E-state index contributed by atoms with van der Waals surface area (Å²) >= 11 is 6.09. The van der Waals surface area contributed by atoms with Crippen molar-refractivity contribution in [3.63, 3.8) is 0 Å². The van der Waals surface area contributed by atoms with Crippen molar-refractivity contribution in [3.05, 3.63) is 57.4 Å². The quantitative estimate of drug-likeness (QED) is 0.942. The van der Waals surface area contributed by atoms with Crippen LogP contribution in [0.4, 0.5) is 4.39 Å². The van der Waals surface area contributed by atoms with Gasteiger partial charge in [-0.05, 0) is 23.6 Å². The first-order chi connectivity index (χ1) is 10.0. The summed E-state index contributed by atoms with van der Waals surface area (Å²) < 4.78 is 13.1. The van der Waals surface area contributed by atoms with Crippen LogP contribution in [0.5, 0.6) is 0 Å². The minimum atomic E-state index is -0.328. The van der Waals surface area contributed by atoms with Crippen LogP contribution >= 0.6 is 11.6 Å². The molecule has 1 N–H and O–H groups in total. The lowest BCUT2D eigenvalue weighted by atomic mass is 10.0. The highest BCUT2D eigenvalue weighted by Crippen LogP contribution is 2.25. The normalized spacial score (nSPS) is 13.8. The van der Waals surface area contributed by atoms with Gasteiger partial charge in [-0.2, -0.15) is 0 Å². The summed E-state index contributed by atoms with van der Waals surface area (Å²) in [5.74, 6) is 0.768. The summed E-state index contributed by atoms with van der Waals surface area (Å²) in [4.78, 5) is 9.33. The van der Waals surface area contributed by atoms with Gasteiger partial charge in [0.2, 0.25) is 0 Å². The lowest BCUT2D eigenvalue weighted by Crippen LogP contribution is -2.08. The molecule has 1 aliphatic heterocycles. The summed E-state index contributed by atoms with van der Waals surface area (Å²) in [6.45, 7) is 5.88. The Labute approximate surface area is 128 Å². The number of benzene rings is 1. The van der Waals surface area contributed by atoms with E-state index in [1.54, 1.807) is 6.07 Å². The zero-order chi connectivity index (χ0) is 15.0. The van der Waals surface area contributed by atoms with E-state index in [9.17, 15) is 4.39 Å². The highest BCUT2D eigenvalue weighted by molar-refractivity contribution is 6.31. The molecular formula is C16H17ClFN3. The van der Waals surface area contributed by atoms with E-state index in [2.05, 4.69) is 24.1 Å². The number of nitrogens with one attached hydrogen (secondary N) is 1. The molecule has 0 spiro atoms. The molecule has 2 aromatic rings. The van der Waals surface area contributed by atoms with Gasteiger partial charge in [-0.25, -0.2) is 14.4 Å². The van der Waals surface area contributed by atoms with Crippen LogP contribution in [0.3, 0.4) is 0 Å². The molecule has 21 heavy (non-hydrogen) atoms. The maximum absolute atomic E-state index is 13.1. The van der Waals surface area contributed by atoms with E-state index in [1.807, 2.05) is 0 Å². The van der Waals surface area contributed by atoms with Gasteiger partial charge in [0.1, 0.15) is 11.6 Å². The van der Waals surface area contributed by atoms with Crippen LogP contribution in [0.1, 0.15) is 48.1 Å². The van der Waals surface area contributed by atoms with E-state index >= 15 is 0 Å². The molecule has 3 rings (SSSR count). The standard InChI is InChI=1S/C16H17ClFN3/c1-9(2)16-12-7-19-8-14(12)20-15(21-16)5-10-3-4-11(18)6-13(10)17/h3-4,6,9,19H,5,7-8H2,1-2H3. The third kappa shape index (κ3) is 2.92. The second kappa shape index (κ2) is 5.70. The van der Waals surface area contributed by atoms with Crippen molar-refractivity contribution in [2.75, 3.05) is 0 Å². The van der Waals surface area contributed by atoms with Crippen molar-refractivity contribution < 1.29 is 4.39 Å². The second-order valence-corrected chi connectivity index (χ2v) is 6.03. The Bertz CT molecular complexity index is 685. The smallest absolute Gasteiger partial charge is 0.133 e. The molecule has 5 heteroatoms. The summed E-state index contributed by atoms with van der Waals surface area (Å²) in [6, 6.07) is 4.44. The molecule has 110 valence electrons. The Hall–Kier alpha value is -1.52.